The Kier molecular flexibility index (Phi) is 4.06. The minimum absolute atomic E-state index is 0.381. The zero-order valence-electron chi connectivity index (χ0n) is 8.94. The van der Waals surface area contributed by atoms with E-state index >= 15 is 0 Å². The Morgan fingerprint density at radius 3 is 2.53 bits per heavy atom. The van der Waals surface area contributed by atoms with Crippen LogP contribution in [0.4, 0.5) is 0 Å². The van der Waals surface area contributed by atoms with E-state index in [0.29, 0.717) is 5.57 Å². The van der Waals surface area contributed by atoms with Crippen LogP contribution in [0.15, 0.2) is 35.9 Å². The second kappa shape index (κ2) is 5.32. The number of hydrogen-bond donors (Lipinski definition) is 1. The van der Waals surface area contributed by atoms with Crippen LogP contribution in [0.5, 0.6) is 0 Å². The highest BCUT2D eigenvalue weighted by molar-refractivity contribution is 5.93. The maximum Gasteiger partial charge on any atom is 0.335 e. The van der Waals surface area contributed by atoms with Crippen molar-refractivity contribution in [3.63, 3.8) is 0 Å². The molecule has 0 aliphatic carbocycles. The number of carbonyl (C=O) groups excluding carboxylic acids is 1. The van der Waals surface area contributed by atoms with Gasteiger partial charge in [0.2, 0.25) is 0 Å². The second-order valence-corrected chi connectivity index (χ2v) is 3.35. The van der Waals surface area contributed by atoms with Gasteiger partial charge in [0, 0.05) is 5.57 Å². The van der Waals surface area contributed by atoms with Crippen LogP contribution in [-0.2, 0) is 9.53 Å². The van der Waals surface area contributed by atoms with Crippen LogP contribution in [-0.4, -0.2) is 12.2 Å². The Morgan fingerprint density at radius 2 is 2.00 bits per heavy atom. The van der Waals surface area contributed by atoms with E-state index in [9.17, 15) is 4.79 Å². The molecule has 3 nitrogen and oxygen atoms in total. The summed E-state index contributed by atoms with van der Waals surface area (Å²) in [7, 11) is 0. The SMILES string of the molecule is C/C(=C\c1ccccc1)C(=O)OC(C)N. The summed E-state index contributed by atoms with van der Waals surface area (Å²) in [6.07, 6.45) is 1.20. The van der Waals surface area contributed by atoms with Gasteiger partial charge in [-0.15, -0.1) is 0 Å². The Labute approximate surface area is 89.5 Å². The average Bonchev–Trinajstić information content (AvgIpc) is 2.18. The van der Waals surface area contributed by atoms with Crippen LogP contribution >= 0.6 is 0 Å². The number of benzene rings is 1. The largest absolute Gasteiger partial charge is 0.444 e. The molecule has 0 saturated carbocycles. The van der Waals surface area contributed by atoms with Gasteiger partial charge < -0.3 is 4.74 Å². The first kappa shape index (κ1) is 11.5. The van der Waals surface area contributed by atoms with Gasteiger partial charge in [-0.05, 0) is 25.5 Å². The summed E-state index contributed by atoms with van der Waals surface area (Å²) in [6, 6.07) is 9.59. The molecule has 1 rings (SSSR count). The molecule has 80 valence electrons. The van der Waals surface area contributed by atoms with Gasteiger partial charge >= 0.3 is 5.97 Å². The summed E-state index contributed by atoms with van der Waals surface area (Å²) in [6.45, 7) is 3.32. The molecule has 0 radical (unpaired) electrons. The molecule has 2 N–H and O–H groups in total. The lowest BCUT2D eigenvalue weighted by Gasteiger charge is -2.07. The van der Waals surface area contributed by atoms with Gasteiger partial charge in [0.15, 0.2) is 0 Å². The first-order chi connectivity index (χ1) is 7.09. The summed E-state index contributed by atoms with van der Waals surface area (Å²) in [5, 5.41) is 0. The van der Waals surface area contributed by atoms with Crippen molar-refractivity contribution in [2.75, 3.05) is 0 Å². The molecule has 0 saturated heterocycles. The Morgan fingerprint density at radius 1 is 1.40 bits per heavy atom. The molecule has 0 spiro atoms. The topological polar surface area (TPSA) is 52.3 Å². The minimum atomic E-state index is -0.573. The van der Waals surface area contributed by atoms with Gasteiger partial charge in [-0.3, -0.25) is 5.73 Å². The minimum Gasteiger partial charge on any atom is -0.444 e. The standard InChI is InChI=1S/C12H15NO2/c1-9(12(14)15-10(2)13)8-11-6-4-3-5-7-11/h3-8,10H,13H2,1-2H3/b9-8+. The highest BCUT2D eigenvalue weighted by Gasteiger charge is 2.07. The van der Waals surface area contributed by atoms with Gasteiger partial charge in [0.05, 0.1) is 0 Å². The van der Waals surface area contributed by atoms with Gasteiger partial charge in [-0.1, -0.05) is 30.3 Å². The van der Waals surface area contributed by atoms with Gasteiger partial charge in [-0.25, -0.2) is 4.79 Å². The lowest BCUT2D eigenvalue weighted by atomic mass is 10.1. The van der Waals surface area contributed by atoms with E-state index in [-0.39, 0.29) is 5.97 Å². The van der Waals surface area contributed by atoms with Crippen LogP contribution < -0.4 is 5.73 Å². The number of carbonyl (C=O) groups is 1. The fourth-order valence-electron chi connectivity index (χ4n) is 1.12. The number of hydrogen-bond acceptors (Lipinski definition) is 3. The van der Waals surface area contributed by atoms with Gasteiger partial charge in [-0.2, -0.15) is 0 Å². The second-order valence-electron chi connectivity index (χ2n) is 3.35. The quantitative estimate of drug-likeness (QED) is 0.466. The molecule has 0 bridgehead atoms. The van der Waals surface area contributed by atoms with Crippen molar-refractivity contribution in [1.82, 2.24) is 0 Å². The molecule has 1 aromatic rings. The van der Waals surface area contributed by atoms with Crippen molar-refractivity contribution in [2.45, 2.75) is 20.1 Å². The highest BCUT2D eigenvalue weighted by Crippen LogP contribution is 2.07. The Bertz CT molecular complexity index is 355. The van der Waals surface area contributed by atoms with E-state index < -0.39 is 6.23 Å². The summed E-state index contributed by atoms with van der Waals surface area (Å²) >= 11 is 0. The van der Waals surface area contributed by atoms with Crippen molar-refractivity contribution < 1.29 is 9.53 Å². The van der Waals surface area contributed by atoms with Crippen LogP contribution in [0.1, 0.15) is 19.4 Å². The van der Waals surface area contributed by atoms with Crippen molar-refractivity contribution in [3.05, 3.63) is 41.5 Å². The molecular weight excluding hydrogens is 190 g/mol. The summed E-state index contributed by atoms with van der Waals surface area (Å²) in [4.78, 5) is 11.4. The fraction of sp³-hybridized carbons (Fsp3) is 0.250. The summed E-state index contributed by atoms with van der Waals surface area (Å²) in [5.74, 6) is -0.381. The average molecular weight is 205 g/mol. The van der Waals surface area contributed by atoms with Crippen molar-refractivity contribution in [1.29, 1.82) is 0 Å². The lowest BCUT2D eigenvalue weighted by Crippen LogP contribution is -2.23. The number of nitrogens with two attached hydrogens (primary N) is 1. The summed E-state index contributed by atoms with van der Waals surface area (Å²) < 4.78 is 4.85. The van der Waals surface area contributed by atoms with Crippen LogP contribution in [0.2, 0.25) is 0 Å². The third-order valence-electron chi connectivity index (χ3n) is 1.80. The lowest BCUT2D eigenvalue weighted by molar-refractivity contribution is -0.142. The van der Waals surface area contributed by atoms with Crippen molar-refractivity contribution in [3.8, 4) is 0 Å². The predicted octanol–water partition coefficient (Wildman–Crippen LogP) is 1.94. The van der Waals surface area contributed by atoms with Gasteiger partial charge in [0.1, 0.15) is 6.23 Å². The van der Waals surface area contributed by atoms with E-state index in [2.05, 4.69) is 0 Å². The van der Waals surface area contributed by atoms with Crippen LogP contribution in [0.25, 0.3) is 6.08 Å². The molecule has 1 unspecified atom stereocenters. The van der Waals surface area contributed by atoms with E-state index in [1.54, 1.807) is 19.9 Å². The molecule has 3 heteroatoms. The third kappa shape index (κ3) is 3.95. The molecule has 1 atom stereocenters. The maximum absolute atomic E-state index is 11.4. The van der Waals surface area contributed by atoms with E-state index in [4.69, 9.17) is 10.5 Å². The first-order valence-corrected chi connectivity index (χ1v) is 4.79. The van der Waals surface area contributed by atoms with Crippen molar-refractivity contribution in [2.24, 2.45) is 5.73 Å². The fourth-order valence-corrected chi connectivity index (χ4v) is 1.12. The first-order valence-electron chi connectivity index (χ1n) is 4.79. The summed E-state index contributed by atoms with van der Waals surface area (Å²) in [5.41, 5.74) is 6.86. The van der Waals surface area contributed by atoms with Gasteiger partial charge in [0.25, 0.3) is 0 Å². The monoisotopic (exact) mass is 205 g/mol. The maximum atomic E-state index is 11.4. The molecule has 0 aliphatic heterocycles. The molecule has 0 heterocycles. The zero-order chi connectivity index (χ0) is 11.3. The van der Waals surface area contributed by atoms with Crippen LogP contribution in [0.3, 0.4) is 0 Å². The molecule has 0 aromatic heterocycles. The molecular formula is C12H15NO2. The number of esters is 1. The molecule has 0 amide bonds. The predicted molar refractivity (Wildman–Crippen MR) is 59.8 cm³/mol. The smallest absolute Gasteiger partial charge is 0.335 e. The van der Waals surface area contributed by atoms with E-state index in [1.807, 2.05) is 30.3 Å². The molecule has 0 aliphatic rings. The molecule has 15 heavy (non-hydrogen) atoms. The third-order valence-corrected chi connectivity index (χ3v) is 1.80. The Balaban J connectivity index is 2.72. The normalized spacial score (nSPS) is 13.4. The Hall–Kier alpha value is -1.61. The zero-order valence-corrected chi connectivity index (χ0v) is 8.94. The molecule has 0 fully saturated rings. The number of rotatable bonds is 3. The molecule has 1 aromatic carbocycles. The van der Waals surface area contributed by atoms with E-state index in [0.717, 1.165) is 5.56 Å². The van der Waals surface area contributed by atoms with Crippen molar-refractivity contribution >= 4 is 12.0 Å². The van der Waals surface area contributed by atoms with E-state index in [1.165, 1.54) is 0 Å². The number of ether oxygens (including phenoxy) is 1. The highest BCUT2D eigenvalue weighted by atomic mass is 16.6. The van der Waals surface area contributed by atoms with Crippen LogP contribution in [0, 0.1) is 0 Å².